The Bertz CT molecular complexity index is 649. The van der Waals surface area contributed by atoms with Gasteiger partial charge in [0.15, 0.2) is 0 Å². The third-order valence-corrected chi connectivity index (χ3v) is 4.84. The smallest absolute Gasteiger partial charge is 0.205 e. The number of aromatic nitrogens is 2. The Morgan fingerprint density at radius 1 is 1.05 bits per heavy atom. The van der Waals surface area contributed by atoms with Gasteiger partial charge in [-0.3, -0.25) is 9.78 Å². The van der Waals surface area contributed by atoms with Crippen molar-refractivity contribution in [3.05, 3.63) is 58.6 Å². The summed E-state index contributed by atoms with van der Waals surface area (Å²) in [6.07, 6.45) is 3.41. The summed E-state index contributed by atoms with van der Waals surface area (Å²) in [7, 11) is 0. The number of thioether (sulfide) groups is 2. The number of carbonyl (C=O) groups excluding carboxylic acids is 1. The van der Waals surface area contributed by atoms with E-state index in [1.807, 2.05) is 30.3 Å². The summed E-state index contributed by atoms with van der Waals surface area (Å²) in [5, 5.41) is 0. The van der Waals surface area contributed by atoms with E-state index in [0.717, 1.165) is 21.4 Å². The zero-order valence-corrected chi connectivity index (χ0v) is 14.3. The van der Waals surface area contributed by atoms with Gasteiger partial charge in [0.1, 0.15) is 5.69 Å². The SMILES string of the molecule is CCSC(=CC(=O)c1cccc(-c2ccccn2)n1)SCC. The van der Waals surface area contributed by atoms with Crippen molar-refractivity contribution in [3.8, 4) is 11.4 Å². The number of pyridine rings is 2. The third-order valence-electron chi connectivity index (χ3n) is 2.75. The number of nitrogens with zero attached hydrogens (tertiary/aromatic N) is 2. The standard InChI is InChI=1S/C17H18N2OS2/c1-3-21-17(22-4-2)12-16(20)15-10-7-9-14(19-15)13-8-5-6-11-18-13/h5-12H,3-4H2,1-2H3. The highest BCUT2D eigenvalue weighted by Gasteiger charge is 2.09. The molecule has 0 N–H and O–H groups in total. The quantitative estimate of drug-likeness (QED) is 0.545. The van der Waals surface area contributed by atoms with Crippen LogP contribution >= 0.6 is 23.5 Å². The zero-order valence-electron chi connectivity index (χ0n) is 12.7. The van der Waals surface area contributed by atoms with E-state index in [1.165, 1.54) is 0 Å². The molecule has 2 aromatic rings. The van der Waals surface area contributed by atoms with Gasteiger partial charge in [-0.05, 0) is 35.8 Å². The Morgan fingerprint density at radius 2 is 1.77 bits per heavy atom. The van der Waals surface area contributed by atoms with E-state index in [4.69, 9.17) is 0 Å². The zero-order chi connectivity index (χ0) is 15.8. The van der Waals surface area contributed by atoms with E-state index in [0.29, 0.717) is 11.4 Å². The minimum atomic E-state index is -0.0605. The molecule has 0 aliphatic carbocycles. The van der Waals surface area contributed by atoms with Crippen molar-refractivity contribution in [1.82, 2.24) is 9.97 Å². The van der Waals surface area contributed by atoms with E-state index in [-0.39, 0.29) is 5.78 Å². The van der Waals surface area contributed by atoms with Gasteiger partial charge in [-0.15, -0.1) is 23.5 Å². The monoisotopic (exact) mass is 330 g/mol. The van der Waals surface area contributed by atoms with Crippen LogP contribution in [0.3, 0.4) is 0 Å². The molecule has 0 saturated heterocycles. The van der Waals surface area contributed by atoms with E-state index in [2.05, 4.69) is 23.8 Å². The molecule has 2 rings (SSSR count). The van der Waals surface area contributed by atoms with Gasteiger partial charge in [-0.1, -0.05) is 26.0 Å². The van der Waals surface area contributed by atoms with E-state index >= 15 is 0 Å². The summed E-state index contributed by atoms with van der Waals surface area (Å²) >= 11 is 3.38. The van der Waals surface area contributed by atoms with Crippen molar-refractivity contribution in [2.75, 3.05) is 11.5 Å². The summed E-state index contributed by atoms with van der Waals surface area (Å²) < 4.78 is 1.04. The normalized spacial score (nSPS) is 10.3. The summed E-state index contributed by atoms with van der Waals surface area (Å²) in [5.74, 6) is 1.84. The molecule has 0 unspecified atom stereocenters. The molecule has 2 heterocycles. The van der Waals surface area contributed by atoms with Crippen LogP contribution in [0.5, 0.6) is 0 Å². The highest BCUT2D eigenvalue weighted by atomic mass is 32.2. The van der Waals surface area contributed by atoms with Crippen molar-refractivity contribution in [3.63, 3.8) is 0 Å². The highest BCUT2D eigenvalue weighted by molar-refractivity contribution is 8.22. The van der Waals surface area contributed by atoms with Gasteiger partial charge < -0.3 is 0 Å². The first-order valence-electron chi connectivity index (χ1n) is 7.14. The second-order valence-electron chi connectivity index (χ2n) is 4.32. The molecule has 0 amide bonds. The first-order chi connectivity index (χ1) is 10.7. The van der Waals surface area contributed by atoms with Gasteiger partial charge in [0.25, 0.3) is 0 Å². The lowest BCUT2D eigenvalue weighted by molar-refractivity contribution is 0.104. The minimum Gasteiger partial charge on any atom is -0.287 e. The summed E-state index contributed by atoms with van der Waals surface area (Å²) in [5.41, 5.74) is 1.94. The van der Waals surface area contributed by atoms with Crippen molar-refractivity contribution in [2.45, 2.75) is 13.8 Å². The first kappa shape index (κ1) is 16.8. The van der Waals surface area contributed by atoms with Crippen LogP contribution in [0.15, 0.2) is 52.9 Å². The molecule has 0 aliphatic rings. The summed E-state index contributed by atoms with van der Waals surface area (Å²) in [4.78, 5) is 21.1. The fraction of sp³-hybridized carbons (Fsp3) is 0.235. The Hall–Kier alpha value is -1.59. The topological polar surface area (TPSA) is 42.9 Å². The van der Waals surface area contributed by atoms with Gasteiger partial charge in [0.2, 0.25) is 5.78 Å². The second kappa shape index (κ2) is 8.76. The lowest BCUT2D eigenvalue weighted by atomic mass is 10.2. The first-order valence-corrected chi connectivity index (χ1v) is 9.11. The van der Waals surface area contributed by atoms with Crippen LogP contribution in [0, 0.1) is 0 Å². The molecule has 0 saturated carbocycles. The molecule has 0 fully saturated rings. The maximum atomic E-state index is 12.4. The Kier molecular flexibility index (Phi) is 6.68. The molecule has 0 spiro atoms. The van der Waals surface area contributed by atoms with Gasteiger partial charge in [-0.2, -0.15) is 0 Å². The molecule has 0 atom stereocenters. The lowest BCUT2D eigenvalue weighted by Gasteiger charge is -2.04. The maximum absolute atomic E-state index is 12.4. The molecule has 0 radical (unpaired) electrons. The maximum Gasteiger partial charge on any atom is 0.205 e. The molecule has 3 nitrogen and oxygen atoms in total. The van der Waals surface area contributed by atoms with Crippen LogP contribution in [-0.2, 0) is 0 Å². The fourth-order valence-electron chi connectivity index (χ4n) is 1.82. The van der Waals surface area contributed by atoms with Gasteiger partial charge >= 0.3 is 0 Å². The van der Waals surface area contributed by atoms with E-state index in [1.54, 1.807) is 41.9 Å². The second-order valence-corrected chi connectivity index (χ2v) is 7.19. The van der Waals surface area contributed by atoms with Crippen LogP contribution in [0.2, 0.25) is 0 Å². The largest absolute Gasteiger partial charge is 0.287 e. The van der Waals surface area contributed by atoms with Crippen molar-refractivity contribution in [2.24, 2.45) is 0 Å². The average Bonchev–Trinajstić information content (AvgIpc) is 2.56. The third kappa shape index (κ3) is 4.71. The Labute approximate surface area is 139 Å². The molecular formula is C17H18N2OS2. The molecule has 2 aromatic heterocycles. The highest BCUT2D eigenvalue weighted by Crippen LogP contribution is 2.28. The summed E-state index contributed by atoms with van der Waals surface area (Å²) in [6, 6.07) is 11.1. The average molecular weight is 330 g/mol. The minimum absolute atomic E-state index is 0.0605. The molecule has 0 aliphatic heterocycles. The number of carbonyl (C=O) groups is 1. The molecule has 5 heteroatoms. The van der Waals surface area contributed by atoms with Gasteiger partial charge in [0.05, 0.1) is 11.4 Å². The van der Waals surface area contributed by atoms with Gasteiger partial charge in [-0.25, -0.2) is 4.98 Å². The summed E-state index contributed by atoms with van der Waals surface area (Å²) in [6.45, 7) is 4.16. The molecule has 114 valence electrons. The molecule has 22 heavy (non-hydrogen) atoms. The number of allylic oxidation sites excluding steroid dienone is 1. The number of rotatable bonds is 7. The Morgan fingerprint density at radius 3 is 2.41 bits per heavy atom. The fourth-order valence-corrected chi connectivity index (χ4v) is 3.81. The number of ketones is 1. The van der Waals surface area contributed by atoms with Crippen LogP contribution in [-0.4, -0.2) is 27.3 Å². The number of hydrogen-bond donors (Lipinski definition) is 0. The van der Waals surface area contributed by atoms with Crippen LogP contribution in [0.1, 0.15) is 24.3 Å². The van der Waals surface area contributed by atoms with Crippen molar-refractivity contribution in [1.29, 1.82) is 0 Å². The predicted molar refractivity (Wildman–Crippen MR) is 96.1 cm³/mol. The van der Waals surface area contributed by atoms with Crippen LogP contribution < -0.4 is 0 Å². The Balaban J connectivity index is 2.25. The molecule has 0 aromatic carbocycles. The van der Waals surface area contributed by atoms with Crippen LogP contribution in [0.25, 0.3) is 11.4 Å². The van der Waals surface area contributed by atoms with Crippen molar-refractivity contribution < 1.29 is 4.79 Å². The number of hydrogen-bond acceptors (Lipinski definition) is 5. The molecular weight excluding hydrogens is 312 g/mol. The molecule has 0 bridgehead atoms. The predicted octanol–water partition coefficient (Wildman–Crippen LogP) is 4.67. The van der Waals surface area contributed by atoms with E-state index in [9.17, 15) is 4.79 Å². The van der Waals surface area contributed by atoms with Crippen LogP contribution in [0.4, 0.5) is 0 Å². The van der Waals surface area contributed by atoms with Gasteiger partial charge in [0, 0.05) is 16.5 Å². The van der Waals surface area contributed by atoms with Crippen molar-refractivity contribution >= 4 is 29.3 Å². The van der Waals surface area contributed by atoms with E-state index < -0.39 is 0 Å². The lowest BCUT2D eigenvalue weighted by Crippen LogP contribution is -2.00.